The van der Waals surface area contributed by atoms with Crippen molar-refractivity contribution in [1.29, 1.82) is 0 Å². The molecule has 0 bridgehead atoms. The maximum absolute atomic E-state index is 14.8. The van der Waals surface area contributed by atoms with E-state index in [4.69, 9.17) is 4.74 Å². The molecular formula is C27H33F3N2O2. The molecule has 2 aromatic rings. The SMILES string of the molecule is CC(C)(F)CN1CCC(COc2ccc(-c3ccc(C(=O)N4CCCC4)c(F)c3)c(F)c2)CC1. The van der Waals surface area contributed by atoms with E-state index in [-0.39, 0.29) is 17.0 Å². The topological polar surface area (TPSA) is 32.8 Å². The lowest BCUT2D eigenvalue weighted by Crippen LogP contribution is -2.41. The van der Waals surface area contributed by atoms with Gasteiger partial charge in [-0.05, 0) is 88.4 Å². The zero-order chi connectivity index (χ0) is 24.3. The Morgan fingerprint density at radius 3 is 2.32 bits per heavy atom. The van der Waals surface area contributed by atoms with Crippen molar-refractivity contribution in [2.24, 2.45) is 5.92 Å². The second-order valence-corrected chi connectivity index (χ2v) is 10.1. The third-order valence-electron chi connectivity index (χ3n) is 6.64. The molecule has 0 spiro atoms. The third kappa shape index (κ3) is 6.12. The summed E-state index contributed by atoms with van der Waals surface area (Å²) in [6.07, 6.45) is 3.69. The van der Waals surface area contributed by atoms with Gasteiger partial charge in [-0.1, -0.05) is 6.07 Å². The Morgan fingerprint density at radius 1 is 1.00 bits per heavy atom. The van der Waals surface area contributed by atoms with E-state index in [0.29, 0.717) is 43.5 Å². The van der Waals surface area contributed by atoms with Gasteiger partial charge in [-0.25, -0.2) is 13.2 Å². The normalized spacial score (nSPS) is 17.9. The average Bonchev–Trinajstić information content (AvgIpc) is 3.32. The molecular weight excluding hydrogens is 441 g/mol. The number of carbonyl (C=O) groups excluding carboxylic acids is 1. The fraction of sp³-hybridized carbons (Fsp3) is 0.519. The number of alkyl halides is 1. The van der Waals surface area contributed by atoms with Crippen LogP contribution >= 0.6 is 0 Å². The van der Waals surface area contributed by atoms with Crippen LogP contribution in [-0.4, -0.2) is 60.7 Å². The quantitative estimate of drug-likeness (QED) is 0.516. The molecule has 34 heavy (non-hydrogen) atoms. The standard InChI is InChI=1S/C27H33F3N2O2/c1-27(2,30)18-31-13-9-19(10-14-31)17-34-21-6-8-22(25(29)16-21)20-5-7-23(24(28)15-20)26(33)32-11-3-4-12-32/h5-8,15-16,19H,3-4,9-14,17-18H2,1-2H3. The van der Waals surface area contributed by atoms with Crippen molar-refractivity contribution in [2.45, 2.75) is 45.2 Å². The van der Waals surface area contributed by atoms with E-state index in [0.717, 1.165) is 38.8 Å². The summed E-state index contributed by atoms with van der Waals surface area (Å²) >= 11 is 0. The highest BCUT2D eigenvalue weighted by Crippen LogP contribution is 2.29. The van der Waals surface area contributed by atoms with Crippen LogP contribution < -0.4 is 4.74 Å². The maximum Gasteiger partial charge on any atom is 0.256 e. The Labute approximate surface area is 199 Å². The van der Waals surface area contributed by atoms with Gasteiger partial charge in [-0.3, -0.25) is 4.79 Å². The van der Waals surface area contributed by atoms with Gasteiger partial charge in [0.2, 0.25) is 0 Å². The lowest BCUT2D eigenvalue weighted by atomic mass is 9.97. The number of benzene rings is 2. The van der Waals surface area contributed by atoms with Crippen LogP contribution in [-0.2, 0) is 0 Å². The number of likely N-dealkylation sites (tertiary alicyclic amines) is 2. The van der Waals surface area contributed by atoms with E-state index in [1.807, 2.05) is 0 Å². The molecule has 2 aromatic carbocycles. The van der Waals surface area contributed by atoms with Crippen molar-refractivity contribution in [3.63, 3.8) is 0 Å². The van der Waals surface area contributed by atoms with Gasteiger partial charge < -0.3 is 14.5 Å². The minimum atomic E-state index is -1.20. The molecule has 0 unspecified atom stereocenters. The van der Waals surface area contributed by atoms with Gasteiger partial charge in [0.15, 0.2) is 0 Å². The molecule has 4 rings (SSSR count). The summed E-state index contributed by atoms with van der Waals surface area (Å²) in [4.78, 5) is 16.3. The smallest absolute Gasteiger partial charge is 0.256 e. The fourth-order valence-electron chi connectivity index (χ4n) is 4.82. The van der Waals surface area contributed by atoms with Crippen molar-refractivity contribution >= 4 is 5.91 Å². The third-order valence-corrected chi connectivity index (χ3v) is 6.64. The van der Waals surface area contributed by atoms with Gasteiger partial charge in [0.05, 0.1) is 12.2 Å². The van der Waals surface area contributed by atoms with Gasteiger partial charge in [0, 0.05) is 31.3 Å². The van der Waals surface area contributed by atoms with Crippen molar-refractivity contribution in [1.82, 2.24) is 9.80 Å². The Bertz CT molecular complexity index is 1010. The van der Waals surface area contributed by atoms with Crippen LogP contribution in [0.5, 0.6) is 5.75 Å². The van der Waals surface area contributed by atoms with Crippen molar-refractivity contribution in [2.75, 3.05) is 39.3 Å². The van der Waals surface area contributed by atoms with Gasteiger partial charge in [-0.15, -0.1) is 0 Å². The first kappa shape index (κ1) is 24.6. The predicted molar refractivity (Wildman–Crippen MR) is 127 cm³/mol. The first-order valence-corrected chi connectivity index (χ1v) is 12.1. The van der Waals surface area contributed by atoms with E-state index in [1.165, 1.54) is 18.2 Å². The van der Waals surface area contributed by atoms with Crippen LogP contribution in [0.15, 0.2) is 36.4 Å². The molecule has 184 valence electrons. The number of rotatable bonds is 7. The largest absolute Gasteiger partial charge is 0.493 e. The minimum Gasteiger partial charge on any atom is -0.493 e. The maximum atomic E-state index is 14.8. The number of ether oxygens (including phenoxy) is 1. The van der Waals surface area contributed by atoms with E-state index in [9.17, 15) is 18.0 Å². The lowest BCUT2D eigenvalue weighted by Gasteiger charge is -2.34. The summed E-state index contributed by atoms with van der Waals surface area (Å²) in [6.45, 7) is 7.05. The van der Waals surface area contributed by atoms with Crippen LogP contribution in [0.2, 0.25) is 0 Å². The molecule has 0 N–H and O–H groups in total. The van der Waals surface area contributed by atoms with Crippen LogP contribution in [0.4, 0.5) is 13.2 Å². The molecule has 2 fully saturated rings. The van der Waals surface area contributed by atoms with Crippen molar-refractivity contribution < 1.29 is 22.7 Å². The van der Waals surface area contributed by atoms with Crippen LogP contribution in [0.1, 0.15) is 49.9 Å². The molecule has 4 nitrogen and oxygen atoms in total. The molecule has 0 radical (unpaired) electrons. The van der Waals surface area contributed by atoms with E-state index in [1.54, 1.807) is 36.9 Å². The first-order valence-electron chi connectivity index (χ1n) is 12.1. The number of amides is 1. The molecule has 2 aliphatic heterocycles. The molecule has 1 amide bonds. The average molecular weight is 475 g/mol. The molecule has 0 aromatic heterocycles. The highest BCUT2D eigenvalue weighted by molar-refractivity contribution is 5.95. The van der Waals surface area contributed by atoms with Crippen LogP contribution in [0.3, 0.4) is 0 Å². The molecule has 2 heterocycles. The molecule has 2 saturated heterocycles. The Hall–Kier alpha value is -2.54. The van der Waals surface area contributed by atoms with Crippen molar-refractivity contribution in [3.05, 3.63) is 53.6 Å². The van der Waals surface area contributed by atoms with Crippen molar-refractivity contribution in [3.8, 4) is 16.9 Å². The predicted octanol–water partition coefficient (Wildman–Crippen LogP) is 5.71. The first-order chi connectivity index (χ1) is 16.2. The summed E-state index contributed by atoms with van der Waals surface area (Å²) in [5, 5.41) is 0. The van der Waals surface area contributed by atoms with Gasteiger partial charge in [-0.2, -0.15) is 0 Å². The highest BCUT2D eigenvalue weighted by Gasteiger charge is 2.26. The summed E-state index contributed by atoms with van der Waals surface area (Å²) < 4.78 is 49.2. The van der Waals surface area contributed by atoms with E-state index >= 15 is 0 Å². The summed E-state index contributed by atoms with van der Waals surface area (Å²) in [6, 6.07) is 8.81. The number of halogens is 3. The molecule has 0 saturated carbocycles. The molecule has 0 aliphatic carbocycles. The van der Waals surface area contributed by atoms with Gasteiger partial charge >= 0.3 is 0 Å². The lowest BCUT2D eigenvalue weighted by molar-refractivity contribution is 0.0788. The number of piperidine rings is 1. The van der Waals surface area contributed by atoms with Crippen LogP contribution in [0.25, 0.3) is 11.1 Å². The van der Waals surface area contributed by atoms with E-state index < -0.39 is 17.3 Å². The molecule has 7 heteroatoms. The Balaban J connectivity index is 1.34. The minimum absolute atomic E-state index is 0.0205. The summed E-state index contributed by atoms with van der Waals surface area (Å²) in [5.41, 5.74) is -0.543. The fourth-order valence-corrected chi connectivity index (χ4v) is 4.82. The number of carbonyl (C=O) groups is 1. The monoisotopic (exact) mass is 474 g/mol. The molecule has 0 atom stereocenters. The van der Waals surface area contributed by atoms with E-state index in [2.05, 4.69) is 4.90 Å². The summed E-state index contributed by atoms with van der Waals surface area (Å²) in [7, 11) is 0. The summed E-state index contributed by atoms with van der Waals surface area (Å²) in [5.74, 6) is -0.691. The Morgan fingerprint density at radius 2 is 1.71 bits per heavy atom. The number of hydrogen-bond acceptors (Lipinski definition) is 3. The zero-order valence-electron chi connectivity index (χ0n) is 20.0. The van der Waals surface area contributed by atoms with Crippen LogP contribution in [0, 0.1) is 17.6 Å². The second kappa shape index (κ2) is 10.4. The Kier molecular flexibility index (Phi) is 7.51. The van der Waals surface area contributed by atoms with Gasteiger partial charge in [0.1, 0.15) is 23.1 Å². The zero-order valence-corrected chi connectivity index (χ0v) is 20.0. The van der Waals surface area contributed by atoms with Gasteiger partial charge in [0.25, 0.3) is 5.91 Å². The number of nitrogens with zero attached hydrogens (tertiary/aromatic N) is 2. The second-order valence-electron chi connectivity index (χ2n) is 10.1. The number of hydrogen-bond donors (Lipinski definition) is 0. The molecule has 2 aliphatic rings. The highest BCUT2D eigenvalue weighted by atomic mass is 19.1.